The van der Waals surface area contributed by atoms with Crippen molar-refractivity contribution in [2.45, 2.75) is 55.9 Å². The summed E-state index contributed by atoms with van der Waals surface area (Å²) in [7, 11) is 0. The number of carboxylic acid groups (broad SMARTS) is 1. The van der Waals surface area contributed by atoms with Crippen molar-refractivity contribution >= 4 is 29.7 Å². The van der Waals surface area contributed by atoms with Crippen LogP contribution in [0.2, 0.25) is 0 Å². The topological polar surface area (TPSA) is 247 Å². The van der Waals surface area contributed by atoms with Gasteiger partial charge in [0.15, 0.2) is 40.2 Å². The molecule has 14 heteroatoms. The van der Waals surface area contributed by atoms with Crippen LogP contribution in [0, 0.1) is 5.92 Å². The van der Waals surface area contributed by atoms with Crippen LogP contribution in [-0.4, -0.2) is 103 Å². The minimum absolute atomic E-state index is 0.0293. The number of carbonyl (C=O) groups excluding carboxylic acids is 2. The predicted molar refractivity (Wildman–Crippen MR) is 161 cm³/mol. The number of phenolic OH excluding ortho intramolecular Hbond substituents is 3. The number of aromatic hydroxyl groups is 3. The number of aliphatic carboxylic acids is 1. The van der Waals surface area contributed by atoms with E-state index in [0.29, 0.717) is 5.56 Å². The molecule has 0 aromatic heterocycles. The Morgan fingerprint density at radius 2 is 1.74 bits per heavy atom. The molecule has 1 aliphatic heterocycles. The molecule has 2 aliphatic rings. The number of aliphatic hydroxyl groups excluding tert-OH is 3. The number of nitrogens with two attached hydrogens (primary N) is 1. The summed E-state index contributed by atoms with van der Waals surface area (Å²) in [4.78, 5) is 38.3. The number of carbonyl (C=O) groups is 3. The Labute approximate surface area is 263 Å². The van der Waals surface area contributed by atoms with Crippen LogP contribution in [0.15, 0.2) is 42.5 Å². The van der Waals surface area contributed by atoms with Gasteiger partial charge < -0.3 is 55.7 Å². The molecule has 248 valence electrons. The first-order valence-electron chi connectivity index (χ1n) is 14.5. The number of hydrogen-bond acceptors (Lipinski definition) is 13. The number of ketones is 2. The van der Waals surface area contributed by atoms with E-state index in [1.54, 1.807) is 6.07 Å². The van der Waals surface area contributed by atoms with Crippen LogP contribution in [0.25, 0.3) is 12.2 Å². The highest BCUT2D eigenvalue weighted by molar-refractivity contribution is 5.97. The van der Waals surface area contributed by atoms with Crippen LogP contribution in [0.4, 0.5) is 0 Å². The summed E-state index contributed by atoms with van der Waals surface area (Å²) in [5.74, 6) is -4.52. The number of ether oxygens (including phenoxy) is 3. The summed E-state index contributed by atoms with van der Waals surface area (Å²) >= 11 is 0. The van der Waals surface area contributed by atoms with Gasteiger partial charge in [-0.25, -0.2) is 4.79 Å². The Kier molecular flexibility index (Phi) is 11.2. The van der Waals surface area contributed by atoms with E-state index in [-0.39, 0.29) is 48.6 Å². The highest BCUT2D eigenvalue weighted by Crippen LogP contribution is 2.45. The summed E-state index contributed by atoms with van der Waals surface area (Å²) in [5.41, 5.74) is 4.23. The molecule has 0 radical (unpaired) electrons. The molecule has 14 nitrogen and oxygen atoms in total. The quantitative estimate of drug-likeness (QED) is 0.110. The predicted octanol–water partition coefficient (Wildman–Crippen LogP) is 0.627. The number of fused-ring (bicyclic) bond motifs is 1. The Bertz CT molecular complexity index is 1510. The fourth-order valence-corrected chi connectivity index (χ4v) is 5.72. The smallest absolute Gasteiger partial charge is 0.336 e. The van der Waals surface area contributed by atoms with Crippen molar-refractivity contribution in [3.05, 3.63) is 59.2 Å². The average molecular weight is 644 g/mol. The third-order valence-electron chi connectivity index (χ3n) is 8.11. The molecule has 0 amide bonds. The van der Waals surface area contributed by atoms with E-state index in [4.69, 9.17) is 19.9 Å². The van der Waals surface area contributed by atoms with E-state index in [1.807, 2.05) is 0 Å². The largest absolute Gasteiger partial charge is 0.504 e. The van der Waals surface area contributed by atoms with Crippen molar-refractivity contribution < 1.29 is 64.3 Å². The Morgan fingerprint density at radius 1 is 1.00 bits per heavy atom. The minimum atomic E-state index is -2.11. The van der Waals surface area contributed by atoms with Gasteiger partial charge in [0.05, 0.1) is 18.8 Å². The van der Waals surface area contributed by atoms with Crippen molar-refractivity contribution in [1.82, 2.24) is 0 Å². The fraction of sp³-hybridized carbons (Fsp3) is 0.406. The maximum Gasteiger partial charge on any atom is 0.336 e. The minimum Gasteiger partial charge on any atom is -0.504 e. The van der Waals surface area contributed by atoms with Crippen molar-refractivity contribution in [1.29, 1.82) is 0 Å². The number of carboxylic acids is 1. The van der Waals surface area contributed by atoms with Crippen molar-refractivity contribution in [2.75, 3.05) is 19.8 Å². The van der Waals surface area contributed by atoms with Crippen molar-refractivity contribution in [2.24, 2.45) is 11.7 Å². The van der Waals surface area contributed by atoms with Gasteiger partial charge in [-0.3, -0.25) is 9.59 Å². The first-order chi connectivity index (χ1) is 21.9. The summed E-state index contributed by atoms with van der Waals surface area (Å²) in [6, 6.07) is 6.77. The molecule has 1 heterocycles. The van der Waals surface area contributed by atoms with E-state index in [2.05, 4.69) is 0 Å². The number of aliphatic hydroxyl groups is 3. The highest BCUT2D eigenvalue weighted by Gasteiger charge is 2.60. The monoisotopic (exact) mass is 643 g/mol. The van der Waals surface area contributed by atoms with Gasteiger partial charge in [0, 0.05) is 18.9 Å². The van der Waals surface area contributed by atoms with Crippen LogP contribution >= 0.6 is 0 Å². The molecule has 2 fully saturated rings. The second-order valence-corrected chi connectivity index (χ2v) is 11.1. The van der Waals surface area contributed by atoms with Gasteiger partial charge in [-0.2, -0.15) is 0 Å². The maximum absolute atomic E-state index is 13.0. The standard InChI is InChI=1S/C32H37NO13/c33-9-10-44-27-7-2-17(11-25(27)39)1-4-20(35)16-45-32(31(42)43)14-26(40)29(41)30-21(32)5-8-28(46-30)22(36)6-3-18-12-23(37)24(38)13-19(18)15-34/h1-4,6-7,11-13,21,26,28-30,34,37-41H,5,8-10,14-16,33H2,(H,42,43)/t21-,26-,28+,29-,30+,32-/m1/s1. The van der Waals surface area contributed by atoms with Gasteiger partial charge in [0.25, 0.3) is 0 Å². The van der Waals surface area contributed by atoms with Crippen molar-refractivity contribution in [3.8, 4) is 23.0 Å². The van der Waals surface area contributed by atoms with Gasteiger partial charge in [-0.1, -0.05) is 18.2 Å². The molecule has 2 aromatic rings. The first kappa shape index (κ1) is 34.6. The summed E-state index contributed by atoms with van der Waals surface area (Å²) < 4.78 is 16.9. The molecule has 2 aromatic carbocycles. The molecule has 1 aliphatic carbocycles. The second kappa shape index (κ2) is 14.9. The maximum atomic E-state index is 13.0. The van der Waals surface area contributed by atoms with E-state index in [0.717, 1.165) is 24.3 Å². The lowest BCUT2D eigenvalue weighted by Gasteiger charge is -2.51. The molecule has 6 atom stereocenters. The van der Waals surface area contributed by atoms with Gasteiger partial charge in [-0.05, 0) is 65.9 Å². The zero-order valence-electron chi connectivity index (χ0n) is 24.7. The summed E-state index contributed by atoms with van der Waals surface area (Å²) in [6.45, 7) is -0.701. The molecular weight excluding hydrogens is 606 g/mol. The summed E-state index contributed by atoms with van der Waals surface area (Å²) in [6.07, 6.45) is -1.09. The Morgan fingerprint density at radius 3 is 2.41 bits per heavy atom. The third kappa shape index (κ3) is 7.55. The van der Waals surface area contributed by atoms with Gasteiger partial charge >= 0.3 is 5.97 Å². The Balaban J connectivity index is 1.45. The average Bonchev–Trinajstić information content (AvgIpc) is 3.04. The van der Waals surface area contributed by atoms with Crippen LogP contribution in [0.3, 0.4) is 0 Å². The Hall–Kier alpha value is -4.31. The zero-order valence-corrected chi connectivity index (χ0v) is 24.7. The van der Waals surface area contributed by atoms with Gasteiger partial charge in [0.1, 0.15) is 25.4 Å². The zero-order chi connectivity index (χ0) is 33.6. The second-order valence-electron chi connectivity index (χ2n) is 11.1. The summed E-state index contributed by atoms with van der Waals surface area (Å²) in [5, 5.41) is 70.7. The first-order valence-corrected chi connectivity index (χ1v) is 14.5. The molecule has 0 spiro atoms. The molecule has 9 N–H and O–H groups in total. The van der Waals surface area contributed by atoms with Gasteiger partial charge in [0.2, 0.25) is 0 Å². The number of hydrogen-bond donors (Lipinski definition) is 8. The number of phenols is 3. The van der Waals surface area contributed by atoms with E-state index < -0.39 is 84.6 Å². The number of benzene rings is 2. The SMILES string of the molecule is NCCOc1ccc(C=CC(=O)CO[C@]2(C(=O)O)C[C@@H](O)[C@@H](O)[C@H]3O[C@H](C(=O)C=Cc4cc(O)c(O)cc4CO)CC[C@H]32)cc1O. The van der Waals surface area contributed by atoms with Crippen LogP contribution in [0.5, 0.6) is 23.0 Å². The van der Waals surface area contributed by atoms with Crippen LogP contribution in [-0.2, 0) is 30.5 Å². The molecule has 0 unspecified atom stereocenters. The molecule has 1 saturated carbocycles. The lowest BCUT2D eigenvalue weighted by Crippen LogP contribution is -2.66. The van der Waals surface area contributed by atoms with Crippen LogP contribution < -0.4 is 10.5 Å². The highest BCUT2D eigenvalue weighted by atomic mass is 16.5. The van der Waals surface area contributed by atoms with E-state index in [9.17, 15) is 50.1 Å². The normalized spacial score (nSPS) is 26.2. The molecular formula is C32H37NO13. The third-order valence-corrected chi connectivity index (χ3v) is 8.11. The van der Waals surface area contributed by atoms with E-state index in [1.165, 1.54) is 24.3 Å². The molecule has 1 saturated heterocycles. The van der Waals surface area contributed by atoms with Crippen molar-refractivity contribution in [3.63, 3.8) is 0 Å². The molecule has 0 bridgehead atoms. The molecule has 46 heavy (non-hydrogen) atoms. The lowest BCUT2D eigenvalue weighted by molar-refractivity contribution is -0.250. The number of rotatable bonds is 13. The van der Waals surface area contributed by atoms with Gasteiger partial charge in [-0.15, -0.1) is 0 Å². The van der Waals surface area contributed by atoms with Crippen LogP contribution in [0.1, 0.15) is 36.0 Å². The van der Waals surface area contributed by atoms with E-state index >= 15 is 0 Å². The lowest BCUT2D eigenvalue weighted by atomic mass is 9.67. The molecule has 4 rings (SSSR count). The fourth-order valence-electron chi connectivity index (χ4n) is 5.72.